The molecule has 2 aromatic rings. The van der Waals surface area contributed by atoms with Gasteiger partial charge in [-0.3, -0.25) is 0 Å². The second-order valence-corrected chi connectivity index (χ2v) is 6.72. The third-order valence-electron chi connectivity index (χ3n) is 4.56. The van der Waals surface area contributed by atoms with Gasteiger partial charge in [-0.2, -0.15) is 0 Å². The lowest BCUT2D eigenvalue weighted by Crippen LogP contribution is -2.26. The van der Waals surface area contributed by atoms with Crippen molar-refractivity contribution in [2.45, 2.75) is 39.2 Å². The summed E-state index contributed by atoms with van der Waals surface area (Å²) in [6, 6.07) is 14.4. The van der Waals surface area contributed by atoms with Gasteiger partial charge in [0.25, 0.3) is 0 Å². The summed E-state index contributed by atoms with van der Waals surface area (Å²) in [5.74, 6) is 1.74. The van der Waals surface area contributed by atoms with E-state index in [-0.39, 0.29) is 6.10 Å². The lowest BCUT2D eigenvalue weighted by atomic mass is 10.1. The van der Waals surface area contributed by atoms with Gasteiger partial charge in [0.05, 0.1) is 24.1 Å². The van der Waals surface area contributed by atoms with E-state index < -0.39 is 0 Å². The van der Waals surface area contributed by atoms with Crippen LogP contribution < -0.4 is 20.2 Å². The van der Waals surface area contributed by atoms with E-state index in [1.165, 1.54) is 5.56 Å². The number of nitrogens with one attached hydrogen (secondary N) is 2. The Hall–Kier alpha value is -2.40. The highest BCUT2D eigenvalue weighted by molar-refractivity contribution is 5.60. The van der Waals surface area contributed by atoms with Gasteiger partial charge in [-0.1, -0.05) is 25.1 Å². The fraction of sp³-hybridized carbons (Fsp3) is 0.429. The molecule has 0 fully saturated rings. The Morgan fingerprint density at radius 1 is 1.08 bits per heavy atom. The van der Waals surface area contributed by atoms with Crippen LogP contribution in [0.15, 0.2) is 42.5 Å². The van der Waals surface area contributed by atoms with Gasteiger partial charge in [-0.05, 0) is 56.0 Å². The maximum absolute atomic E-state index is 6.13. The van der Waals surface area contributed by atoms with Crippen LogP contribution in [0.3, 0.4) is 0 Å². The number of fused-ring (bicyclic) bond motifs is 2. The molecule has 140 valence electrons. The van der Waals surface area contributed by atoms with Crippen molar-refractivity contribution in [2.24, 2.45) is 0 Å². The first kappa shape index (κ1) is 18.4. The fourth-order valence-corrected chi connectivity index (χ4v) is 3.06. The topological polar surface area (TPSA) is 45.8 Å². The summed E-state index contributed by atoms with van der Waals surface area (Å²) < 4.78 is 6.13. The first-order valence-electron chi connectivity index (χ1n) is 9.41. The summed E-state index contributed by atoms with van der Waals surface area (Å²) in [5, 5.41) is 8.76. The van der Waals surface area contributed by atoms with Crippen molar-refractivity contribution in [3.63, 3.8) is 0 Å². The van der Waals surface area contributed by atoms with Gasteiger partial charge in [0.2, 0.25) is 0 Å². The van der Waals surface area contributed by atoms with Crippen molar-refractivity contribution < 1.29 is 9.57 Å². The number of anilines is 2. The Kier molecular flexibility index (Phi) is 6.23. The van der Waals surface area contributed by atoms with Gasteiger partial charge in [0.1, 0.15) is 5.75 Å². The molecule has 0 saturated carbocycles. The minimum atomic E-state index is 0.154. The predicted octanol–water partition coefficient (Wildman–Crippen LogP) is 4.52. The molecule has 0 saturated heterocycles. The first-order valence-corrected chi connectivity index (χ1v) is 9.41. The number of rotatable bonds is 1. The molecule has 0 amide bonds. The highest BCUT2D eigenvalue weighted by Gasteiger charge is 2.12. The molecular weight excluding hydrogens is 326 g/mol. The molecule has 1 atom stereocenters. The molecule has 0 radical (unpaired) electrons. The van der Waals surface area contributed by atoms with E-state index >= 15 is 0 Å². The molecule has 26 heavy (non-hydrogen) atoms. The van der Waals surface area contributed by atoms with Gasteiger partial charge in [-0.25, -0.2) is 0 Å². The van der Waals surface area contributed by atoms with Crippen LogP contribution in [-0.2, 0) is 6.42 Å². The van der Waals surface area contributed by atoms with Crippen molar-refractivity contribution >= 4 is 11.4 Å². The van der Waals surface area contributed by atoms with Crippen LogP contribution in [0.2, 0.25) is 0 Å². The van der Waals surface area contributed by atoms with E-state index in [1.54, 1.807) is 0 Å². The van der Waals surface area contributed by atoms with Crippen molar-refractivity contribution in [1.29, 1.82) is 0 Å². The van der Waals surface area contributed by atoms with Gasteiger partial charge >= 0.3 is 0 Å². The zero-order valence-electron chi connectivity index (χ0n) is 15.9. The highest BCUT2D eigenvalue weighted by atomic mass is 16.7. The first-order chi connectivity index (χ1) is 12.7. The molecule has 2 aromatic carbocycles. The molecule has 0 aliphatic carbocycles. The average Bonchev–Trinajstić information content (AvgIpc) is 2.63. The number of benzene rings is 2. The molecular formula is C21H29N3O2. The summed E-state index contributed by atoms with van der Waals surface area (Å²) >= 11 is 0. The van der Waals surface area contributed by atoms with Crippen LogP contribution in [0.5, 0.6) is 11.5 Å². The zero-order valence-corrected chi connectivity index (χ0v) is 15.9. The van der Waals surface area contributed by atoms with Gasteiger partial charge in [0.15, 0.2) is 5.75 Å². The summed E-state index contributed by atoms with van der Waals surface area (Å²) in [4.78, 5) is 6.05. The smallest absolute Gasteiger partial charge is 0.170 e. The minimum Gasteiger partial charge on any atom is -0.489 e. The minimum absolute atomic E-state index is 0.154. The molecule has 1 unspecified atom stereocenters. The van der Waals surface area contributed by atoms with Crippen LogP contribution >= 0.6 is 0 Å². The van der Waals surface area contributed by atoms with E-state index in [2.05, 4.69) is 36.6 Å². The second-order valence-electron chi connectivity index (χ2n) is 6.72. The third kappa shape index (κ3) is 4.82. The molecule has 5 heteroatoms. The Morgan fingerprint density at radius 2 is 1.88 bits per heavy atom. The van der Waals surface area contributed by atoms with E-state index in [1.807, 2.05) is 42.4 Å². The number of ether oxygens (including phenoxy) is 1. The molecule has 1 aliphatic rings. The summed E-state index contributed by atoms with van der Waals surface area (Å²) in [6.45, 7) is 5.71. The maximum atomic E-state index is 6.13. The molecule has 0 bridgehead atoms. The van der Waals surface area contributed by atoms with Crippen LogP contribution in [0, 0.1) is 0 Å². The Labute approximate surface area is 156 Å². The Bertz CT molecular complexity index is 720. The monoisotopic (exact) mass is 355 g/mol. The van der Waals surface area contributed by atoms with Crippen LogP contribution in [0.1, 0.15) is 32.3 Å². The number of para-hydroxylation sites is 2. The Balaban J connectivity index is 1.83. The normalized spacial score (nSPS) is 18.8. The lowest BCUT2D eigenvalue weighted by Gasteiger charge is -2.23. The predicted molar refractivity (Wildman–Crippen MR) is 107 cm³/mol. The van der Waals surface area contributed by atoms with Crippen molar-refractivity contribution in [3.8, 4) is 11.5 Å². The van der Waals surface area contributed by atoms with Crippen molar-refractivity contribution in [3.05, 3.63) is 48.0 Å². The van der Waals surface area contributed by atoms with E-state index in [4.69, 9.17) is 9.57 Å². The lowest BCUT2D eigenvalue weighted by molar-refractivity contribution is -0.0334. The van der Waals surface area contributed by atoms with Crippen molar-refractivity contribution in [1.82, 2.24) is 5.06 Å². The second kappa shape index (κ2) is 8.81. The quantitative estimate of drug-likeness (QED) is 0.788. The Morgan fingerprint density at radius 3 is 2.73 bits per heavy atom. The highest BCUT2D eigenvalue weighted by Crippen LogP contribution is 2.29. The number of hydrogen-bond donors (Lipinski definition) is 2. The number of aryl methyl sites for hydroxylation is 1. The van der Waals surface area contributed by atoms with E-state index in [0.29, 0.717) is 6.67 Å². The largest absolute Gasteiger partial charge is 0.489 e. The van der Waals surface area contributed by atoms with E-state index in [0.717, 1.165) is 48.7 Å². The number of nitrogens with zero attached hydrogens (tertiary/aromatic N) is 1. The molecule has 0 spiro atoms. The third-order valence-corrected chi connectivity index (χ3v) is 4.56. The van der Waals surface area contributed by atoms with Crippen LogP contribution in [-0.4, -0.2) is 31.4 Å². The van der Waals surface area contributed by atoms with Gasteiger partial charge < -0.3 is 20.2 Å². The van der Waals surface area contributed by atoms with Crippen LogP contribution in [0.4, 0.5) is 11.4 Å². The van der Waals surface area contributed by atoms with Gasteiger partial charge in [-0.15, -0.1) is 5.06 Å². The molecule has 5 nitrogen and oxygen atoms in total. The van der Waals surface area contributed by atoms with Gasteiger partial charge in [0, 0.05) is 13.6 Å². The maximum Gasteiger partial charge on any atom is 0.170 e. The van der Waals surface area contributed by atoms with Crippen molar-refractivity contribution in [2.75, 3.05) is 30.9 Å². The van der Waals surface area contributed by atoms with Crippen LogP contribution in [0.25, 0.3) is 0 Å². The standard InChI is InChI=1S/C21H29N3O2/c1-4-17-11-12-21-19(14-17)23-15-22-18-9-5-6-10-20(18)25-16(2)8-7-13-24(3)26-21/h5-6,9-12,14,16,22-23H,4,7-8,13,15H2,1-3H3. The molecule has 3 rings (SSSR count). The molecule has 1 aliphatic heterocycles. The number of hydroxylamine groups is 2. The summed E-state index contributed by atoms with van der Waals surface area (Å²) in [5.41, 5.74) is 3.27. The SMILES string of the molecule is CCc1ccc2c(c1)NCNc1ccccc1OC(C)CCCN(C)O2. The molecule has 2 N–H and O–H groups in total. The number of hydrogen-bond acceptors (Lipinski definition) is 5. The molecule has 0 aromatic heterocycles. The average molecular weight is 355 g/mol. The molecule has 1 heterocycles. The zero-order chi connectivity index (χ0) is 18.4. The fourth-order valence-electron chi connectivity index (χ4n) is 3.06. The van der Waals surface area contributed by atoms with E-state index in [9.17, 15) is 0 Å². The summed E-state index contributed by atoms with van der Waals surface area (Å²) in [7, 11) is 1.97. The summed E-state index contributed by atoms with van der Waals surface area (Å²) in [6.07, 6.45) is 3.12.